The summed E-state index contributed by atoms with van der Waals surface area (Å²) in [5.41, 5.74) is -2.70. The molecule has 3 rings (SSSR count). The number of urea groups is 1. The van der Waals surface area contributed by atoms with Crippen molar-refractivity contribution in [3.8, 4) is 22.9 Å². The first kappa shape index (κ1) is 26.3. The van der Waals surface area contributed by atoms with Crippen LogP contribution in [0.5, 0.6) is 5.75 Å². The predicted octanol–water partition coefficient (Wildman–Crippen LogP) is 6.04. The van der Waals surface area contributed by atoms with Crippen LogP contribution in [-0.4, -0.2) is 17.6 Å². The zero-order valence-electron chi connectivity index (χ0n) is 19.5. The largest absolute Gasteiger partial charge is 0.488 e. The predicted molar refractivity (Wildman–Crippen MR) is 126 cm³/mol. The lowest BCUT2D eigenvalue weighted by Crippen LogP contribution is -2.23. The molecule has 0 aliphatic heterocycles. The normalized spacial score (nSPS) is 11.5. The molecule has 0 spiro atoms. The van der Waals surface area contributed by atoms with E-state index in [1.54, 1.807) is 6.92 Å². The van der Waals surface area contributed by atoms with Crippen LogP contribution in [0.2, 0.25) is 0 Å². The molecule has 36 heavy (non-hydrogen) atoms. The number of pyridine rings is 1. The molecule has 0 aliphatic rings. The number of amides is 2. The number of ether oxygens (including phenoxy) is 1. The van der Waals surface area contributed by atoms with Crippen LogP contribution >= 0.6 is 0 Å². The van der Waals surface area contributed by atoms with Crippen LogP contribution in [0.3, 0.4) is 0 Å². The van der Waals surface area contributed by atoms with E-state index in [-0.39, 0.29) is 29.3 Å². The van der Waals surface area contributed by atoms with Crippen LogP contribution in [0, 0.1) is 17.1 Å². The number of benzene rings is 2. The number of carbonyl (C=O) groups excluding carboxylic acids is 1. The van der Waals surface area contributed by atoms with Crippen LogP contribution in [0.25, 0.3) is 11.1 Å². The summed E-state index contributed by atoms with van der Waals surface area (Å²) in [6, 6.07) is 9.28. The summed E-state index contributed by atoms with van der Waals surface area (Å²) in [7, 11) is 0. The average Bonchev–Trinajstić information content (AvgIpc) is 2.81. The van der Waals surface area contributed by atoms with Crippen LogP contribution in [0.4, 0.5) is 33.7 Å². The van der Waals surface area contributed by atoms with Gasteiger partial charge in [0.05, 0.1) is 29.3 Å². The van der Waals surface area contributed by atoms with Crippen LogP contribution in [0.15, 0.2) is 53.5 Å². The molecule has 3 aromatic rings. The third kappa shape index (κ3) is 5.83. The monoisotopic (exact) mass is 502 g/mol. The van der Waals surface area contributed by atoms with Gasteiger partial charge in [0.2, 0.25) is 0 Å². The van der Waals surface area contributed by atoms with Gasteiger partial charge in [-0.2, -0.15) is 18.4 Å². The Kier molecular flexibility index (Phi) is 7.38. The van der Waals surface area contributed by atoms with Crippen molar-refractivity contribution in [3.05, 3.63) is 76.0 Å². The highest BCUT2D eigenvalue weighted by atomic mass is 19.4. The topological polar surface area (TPSA) is 107 Å². The Bertz CT molecular complexity index is 1390. The number of nitrogens with zero attached hydrogens (tertiary/aromatic N) is 1. The van der Waals surface area contributed by atoms with E-state index in [4.69, 9.17) is 4.74 Å². The smallest absolute Gasteiger partial charge is 0.416 e. The highest BCUT2D eigenvalue weighted by Gasteiger charge is 2.38. The molecule has 0 unspecified atom stereocenters. The number of carbonyl (C=O) groups is 1. The van der Waals surface area contributed by atoms with Crippen LogP contribution in [-0.2, 0) is 11.6 Å². The molecule has 11 heteroatoms. The second-order valence-corrected chi connectivity index (χ2v) is 8.28. The summed E-state index contributed by atoms with van der Waals surface area (Å²) in [4.78, 5) is 26.6. The van der Waals surface area contributed by atoms with Gasteiger partial charge in [0, 0.05) is 17.4 Å². The second kappa shape index (κ2) is 10.1. The van der Waals surface area contributed by atoms with E-state index in [2.05, 4.69) is 15.6 Å². The summed E-state index contributed by atoms with van der Waals surface area (Å²) < 4.78 is 60.7. The molecule has 0 aliphatic carbocycles. The van der Waals surface area contributed by atoms with Gasteiger partial charge in [0.1, 0.15) is 5.82 Å². The third-order valence-corrected chi connectivity index (χ3v) is 5.26. The molecule has 1 heterocycles. The van der Waals surface area contributed by atoms with E-state index in [1.165, 1.54) is 44.3 Å². The Balaban J connectivity index is 1.80. The van der Waals surface area contributed by atoms with E-state index < -0.39 is 34.6 Å². The number of aromatic amines is 1. The summed E-state index contributed by atoms with van der Waals surface area (Å²) in [6.07, 6.45) is -3.38. The average molecular weight is 502 g/mol. The zero-order valence-corrected chi connectivity index (χ0v) is 19.5. The number of anilines is 2. The van der Waals surface area contributed by atoms with Crippen molar-refractivity contribution in [2.75, 3.05) is 17.2 Å². The standard InChI is InChI=1S/C25H22F4N4O3/c1-4-36-21-10-15(12-31-22(21)34)14-5-8-20(19(26)9-14)33-23(35)32-16-6-7-17(24(2,3)13-30)18(11-16)25(27,28)29/h5-12H,4H2,1-3H3,(H,31,34)(H2,32,33,35). The van der Waals surface area contributed by atoms with Gasteiger partial charge < -0.3 is 20.4 Å². The summed E-state index contributed by atoms with van der Waals surface area (Å²) in [6.45, 7) is 4.69. The van der Waals surface area contributed by atoms with Crippen LogP contribution < -0.4 is 20.9 Å². The van der Waals surface area contributed by atoms with Gasteiger partial charge in [-0.3, -0.25) is 4.79 Å². The van der Waals surface area contributed by atoms with Crippen LogP contribution in [0.1, 0.15) is 31.9 Å². The molecule has 188 valence electrons. The summed E-state index contributed by atoms with van der Waals surface area (Å²) >= 11 is 0. The fraction of sp³-hybridized carbons (Fsp3) is 0.240. The molecule has 0 bridgehead atoms. The van der Waals surface area contributed by atoms with Gasteiger partial charge >= 0.3 is 12.2 Å². The number of halogens is 4. The maximum atomic E-state index is 14.7. The Morgan fingerprint density at radius 2 is 1.78 bits per heavy atom. The van der Waals surface area contributed by atoms with E-state index in [0.717, 1.165) is 18.2 Å². The first-order valence-corrected chi connectivity index (χ1v) is 10.7. The van der Waals surface area contributed by atoms with Gasteiger partial charge in [0.25, 0.3) is 5.56 Å². The molecule has 1 aromatic heterocycles. The Morgan fingerprint density at radius 3 is 2.39 bits per heavy atom. The number of alkyl halides is 3. The molecule has 7 nitrogen and oxygen atoms in total. The van der Waals surface area contributed by atoms with Crippen molar-refractivity contribution in [3.63, 3.8) is 0 Å². The first-order chi connectivity index (χ1) is 16.9. The number of nitriles is 1. The lowest BCUT2D eigenvalue weighted by atomic mass is 9.83. The number of hydrogen-bond acceptors (Lipinski definition) is 4. The molecule has 2 amide bonds. The maximum Gasteiger partial charge on any atom is 0.416 e. The van der Waals surface area contributed by atoms with Gasteiger partial charge in [-0.25, -0.2) is 9.18 Å². The molecule has 0 saturated heterocycles. The molecular formula is C25H22F4N4O3. The van der Waals surface area contributed by atoms with Crippen molar-refractivity contribution in [2.24, 2.45) is 0 Å². The third-order valence-electron chi connectivity index (χ3n) is 5.26. The second-order valence-electron chi connectivity index (χ2n) is 8.28. The zero-order chi connectivity index (χ0) is 26.7. The molecule has 0 atom stereocenters. The van der Waals surface area contributed by atoms with Crippen molar-refractivity contribution in [2.45, 2.75) is 32.4 Å². The fourth-order valence-electron chi connectivity index (χ4n) is 3.43. The Labute approximate surface area is 203 Å². The van der Waals surface area contributed by atoms with Gasteiger partial charge in [0.15, 0.2) is 5.75 Å². The van der Waals surface area contributed by atoms with Gasteiger partial charge in [-0.1, -0.05) is 12.1 Å². The highest BCUT2D eigenvalue weighted by molar-refractivity contribution is 6.00. The van der Waals surface area contributed by atoms with E-state index in [0.29, 0.717) is 11.1 Å². The van der Waals surface area contributed by atoms with Crippen molar-refractivity contribution < 1.29 is 27.1 Å². The molecule has 0 fully saturated rings. The molecule has 3 N–H and O–H groups in total. The number of nitrogens with one attached hydrogen (secondary N) is 3. The molecule has 0 saturated carbocycles. The van der Waals surface area contributed by atoms with E-state index in [1.807, 2.05) is 6.07 Å². The number of aromatic nitrogens is 1. The minimum absolute atomic E-state index is 0.0689. The van der Waals surface area contributed by atoms with Crippen molar-refractivity contribution in [1.82, 2.24) is 4.98 Å². The fourth-order valence-corrected chi connectivity index (χ4v) is 3.43. The summed E-state index contributed by atoms with van der Waals surface area (Å²) in [5.74, 6) is -0.742. The van der Waals surface area contributed by atoms with Gasteiger partial charge in [-0.15, -0.1) is 0 Å². The number of H-pyrrole nitrogens is 1. The lowest BCUT2D eigenvalue weighted by molar-refractivity contribution is -0.138. The lowest BCUT2D eigenvalue weighted by Gasteiger charge is -2.22. The SMILES string of the molecule is CCOc1cc(-c2ccc(NC(=O)Nc3ccc(C(C)(C)C#N)c(C(F)(F)F)c3)c(F)c2)c[nH]c1=O. The quantitative estimate of drug-likeness (QED) is 0.357. The minimum atomic E-state index is -4.76. The Morgan fingerprint density at radius 1 is 1.06 bits per heavy atom. The Hall–Kier alpha value is -4.33. The first-order valence-electron chi connectivity index (χ1n) is 10.7. The summed E-state index contributed by atoms with van der Waals surface area (Å²) in [5, 5.41) is 13.7. The molecule has 0 radical (unpaired) electrons. The minimum Gasteiger partial charge on any atom is -0.488 e. The maximum absolute atomic E-state index is 14.7. The van der Waals surface area contributed by atoms with Gasteiger partial charge in [-0.05, 0) is 62.2 Å². The molecule has 2 aromatic carbocycles. The van der Waals surface area contributed by atoms with Crippen molar-refractivity contribution >= 4 is 17.4 Å². The number of rotatable bonds is 6. The number of hydrogen-bond donors (Lipinski definition) is 3. The molecular weight excluding hydrogens is 480 g/mol. The van der Waals surface area contributed by atoms with Crippen molar-refractivity contribution in [1.29, 1.82) is 5.26 Å². The highest BCUT2D eigenvalue weighted by Crippen LogP contribution is 2.39. The van der Waals surface area contributed by atoms with E-state index >= 15 is 0 Å². The van der Waals surface area contributed by atoms with E-state index in [9.17, 15) is 32.4 Å².